The van der Waals surface area contributed by atoms with Gasteiger partial charge >= 0.3 is 0 Å². The van der Waals surface area contributed by atoms with Crippen LogP contribution in [-0.4, -0.2) is 65.2 Å². The SMILES string of the molecule is C[C@H](c1ccc(N2C=CCN2)cc1)N1CCO[C@H]([C@@H](O)C(=O)N2CCCC2c2ccccc2)C1=O. The normalized spacial score (nSPS) is 24.2. The van der Waals surface area contributed by atoms with Gasteiger partial charge in [-0.15, -0.1) is 0 Å². The van der Waals surface area contributed by atoms with E-state index in [-0.39, 0.29) is 24.6 Å². The molecule has 3 aliphatic rings. The van der Waals surface area contributed by atoms with Crippen LogP contribution in [0.3, 0.4) is 0 Å². The van der Waals surface area contributed by atoms with Gasteiger partial charge in [-0.2, -0.15) is 0 Å². The van der Waals surface area contributed by atoms with Crippen LogP contribution < -0.4 is 10.4 Å². The van der Waals surface area contributed by atoms with Gasteiger partial charge in [-0.25, -0.2) is 5.43 Å². The number of likely N-dealkylation sites (tertiary alicyclic amines) is 1. The summed E-state index contributed by atoms with van der Waals surface area (Å²) in [6.45, 7) is 4.00. The van der Waals surface area contributed by atoms with Gasteiger partial charge in [-0.3, -0.25) is 14.6 Å². The van der Waals surface area contributed by atoms with Crippen LogP contribution in [-0.2, 0) is 14.3 Å². The highest BCUT2D eigenvalue weighted by atomic mass is 16.5. The Hall–Kier alpha value is -3.20. The van der Waals surface area contributed by atoms with Crippen LogP contribution in [0.1, 0.15) is 43.0 Å². The zero-order valence-electron chi connectivity index (χ0n) is 19.9. The maximum absolute atomic E-state index is 13.4. The highest BCUT2D eigenvalue weighted by Gasteiger charge is 2.43. The average molecular weight is 477 g/mol. The number of benzene rings is 2. The first-order valence-electron chi connectivity index (χ1n) is 12.3. The molecule has 4 atom stereocenters. The van der Waals surface area contributed by atoms with Crippen LogP contribution in [0.4, 0.5) is 5.69 Å². The second kappa shape index (κ2) is 10.2. The standard InChI is InChI=1S/C27H32N4O4/c1-19(20-10-12-22(13-11-20)31-16-6-14-28-31)29-17-18-35-25(27(29)34)24(32)26(33)30-15-5-9-23(30)21-7-3-2-4-8-21/h2-4,6-8,10-13,16,19,23-25,28,32H,5,9,14-15,17-18H2,1H3/t19-,23?,24-,25-/m1/s1. The molecule has 5 rings (SSSR count). The summed E-state index contributed by atoms with van der Waals surface area (Å²) in [5.41, 5.74) is 6.27. The lowest BCUT2D eigenvalue weighted by Crippen LogP contribution is -2.57. The molecule has 3 heterocycles. The Morgan fingerprint density at radius 2 is 1.89 bits per heavy atom. The largest absolute Gasteiger partial charge is 0.380 e. The number of hydrazine groups is 1. The van der Waals surface area contributed by atoms with Crippen molar-refractivity contribution in [3.05, 3.63) is 78.0 Å². The number of aliphatic hydroxyl groups excluding tert-OH is 1. The first-order valence-corrected chi connectivity index (χ1v) is 12.3. The topological polar surface area (TPSA) is 85.3 Å². The maximum atomic E-state index is 13.4. The lowest BCUT2D eigenvalue weighted by atomic mass is 10.0. The molecule has 35 heavy (non-hydrogen) atoms. The van der Waals surface area contributed by atoms with Crippen molar-refractivity contribution in [3.63, 3.8) is 0 Å². The number of amides is 2. The molecular formula is C27H32N4O4. The first-order chi connectivity index (χ1) is 17.0. The van der Waals surface area contributed by atoms with E-state index in [4.69, 9.17) is 4.74 Å². The minimum Gasteiger partial charge on any atom is -0.380 e. The van der Waals surface area contributed by atoms with Crippen molar-refractivity contribution in [2.45, 2.75) is 44.1 Å². The summed E-state index contributed by atoms with van der Waals surface area (Å²) in [7, 11) is 0. The van der Waals surface area contributed by atoms with Crippen LogP contribution in [0.2, 0.25) is 0 Å². The average Bonchev–Trinajstić information content (AvgIpc) is 3.61. The molecule has 184 valence electrons. The molecule has 2 fully saturated rings. The number of nitrogens with one attached hydrogen (secondary N) is 1. The van der Waals surface area contributed by atoms with E-state index in [9.17, 15) is 14.7 Å². The van der Waals surface area contributed by atoms with Crippen molar-refractivity contribution in [1.29, 1.82) is 0 Å². The third-order valence-electron chi connectivity index (χ3n) is 7.17. The van der Waals surface area contributed by atoms with Gasteiger partial charge in [-0.05, 0) is 43.0 Å². The third-order valence-corrected chi connectivity index (χ3v) is 7.17. The molecule has 2 saturated heterocycles. The van der Waals surface area contributed by atoms with E-state index >= 15 is 0 Å². The van der Waals surface area contributed by atoms with Gasteiger partial charge in [0, 0.05) is 25.8 Å². The number of nitrogens with zero attached hydrogens (tertiary/aromatic N) is 3. The minimum absolute atomic E-state index is 0.0921. The molecule has 0 aromatic heterocycles. The van der Waals surface area contributed by atoms with E-state index in [1.807, 2.05) is 78.8 Å². The molecule has 1 unspecified atom stereocenters. The quantitative estimate of drug-likeness (QED) is 0.667. The highest BCUT2D eigenvalue weighted by molar-refractivity contribution is 5.91. The molecule has 2 aromatic rings. The molecule has 0 saturated carbocycles. The lowest BCUT2D eigenvalue weighted by Gasteiger charge is -2.39. The summed E-state index contributed by atoms with van der Waals surface area (Å²) in [4.78, 5) is 30.1. The predicted molar refractivity (Wildman–Crippen MR) is 132 cm³/mol. The Morgan fingerprint density at radius 3 is 2.60 bits per heavy atom. The van der Waals surface area contributed by atoms with E-state index in [1.54, 1.807) is 9.80 Å². The zero-order valence-corrected chi connectivity index (χ0v) is 19.9. The maximum Gasteiger partial charge on any atom is 0.255 e. The van der Waals surface area contributed by atoms with Crippen LogP contribution >= 0.6 is 0 Å². The van der Waals surface area contributed by atoms with Crippen molar-refractivity contribution < 1.29 is 19.4 Å². The Morgan fingerprint density at radius 1 is 1.11 bits per heavy atom. The van der Waals surface area contributed by atoms with Crippen molar-refractivity contribution in [2.75, 3.05) is 31.3 Å². The summed E-state index contributed by atoms with van der Waals surface area (Å²) < 4.78 is 5.67. The summed E-state index contributed by atoms with van der Waals surface area (Å²) in [6.07, 6.45) is 2.99. The van der Waals surface area contributed by atoms with Gasteiger partial charge in [0.15, 0.2) is 12.2 Å². The van der Waals surface area contributed by atoms with Gasteiger partial charge in [0.05, 0.1) is 24.4 Å². The summed E-state index contributed by atoms with van der Waals surface area (Å²) in [5, 5.41) is 12.9. The molecule has 2 aromatic carbocycles. The number of morpholine rings is 1. The molecule has 8 heteroatoms. The second-order valence-electron chi connectivity index (χ2n) is 9.25. The van der Waals surface area contributed by atoms with Crippen molar-refractivity contribution >= 4 is 17.5 Å². The minimum atomic E-state index is -1.53. The van der Waals surface area contributed by atoms with Gasteiger partial charge in [0.25, 0.3) is 11.8 Å². The van der Waals surface area contributed by atoms with Gasteiger partial charge in [0.2, 0.25) is 0 Å². The fraction of sp³-hybridized carbons (Fsp3) is 0.407. The monoisotopic (exact) mass is 476 g/mol. The molecule has 0 radical (unpaired) electrons. The number of carbonyl (C=O) groups is 2. The van der Waals surface area contributed by atoms with Crippen LogP contribution in [0.5, 0.6) is 0 Å². The Labute approximate surface area is 205 Å². The first kappa shape index (κ1) is 23.5. The van der Waals surface area contributed by atoms with Crippen LogP contribution in [0.25, 0.3) is 0 Å². The number of aliphatic hydroxyl groups is 1. The van der Waals surface area contributed by atoms with E-state index in [0.717, 1.165) is 36.2 Å². The lowest BCUT2D eigenvalue weighted by molar-refractivity contribution is -0.174. The third kappa shape index (κ3) is 4.69. The van der Waals surface area contributed by atoms with Crippen molar-refractivity contribution in [1.82, 2.24) is 15.2 Å². The number of anilines is 1. The number of hydrogen-bond acceptors (Lipinski definition) is 6. The van der Waals surface area contributed by atoms with Gasteiger partial charge in [-0.1, -0.05) is 48.5 Å². The van der Waals surface area contributed by atoms with E-state index in [1.165, 1.54) is 0 Å². The van der Waals surface area contributed by atoms with E-state index in [2.05, 4.69) is 5.43 Å². The molecule has 8 nitrogen and oxygen atoms in total. The van der Waals surface area contributed by atoms with Gasteiger partial charge in [0.1, 0.15) is 0 Å². The predicted octanol–water partition coefficient (Wildman–Crippen LogP) is 2.54. The fourth-order valence-corrected chi connectivity index (χ4v) is 5.22. The summed E-state index contributed by atoms with van der Waals surface area (Å²) >= 11 is 0. The Kier molecular flexibility index (Phi) is 6.86. The number of carbonyl (C=O) groups excluding carboxylic acids is 2. The van der Waals surface area contributed by atoms with Crippen molar-refractivity contribution in [2.24, 2.45) is 0 Å². The molecule has 2 amide bonds. The molecule has 0 bridgehead atoms. The molecule has 2 N–H and O–H groups in total. The summed E-state index contributed by atoms with van der Waals surface area (Å²) in [6, 6.07) is 17.5. The van der Waals surface area contributed by atoms with Gasteiger partial charge < -0.3 is 19.6 Å². The van der Waals surface area contributed by atoms with Crippen LogP contribution in [0.15, 0.2) is 66.9 Å². The Bertz CT molecular complexity index is 1070. The number of hydrogen-bond donors (Lipinski definition) is 2. The summed E-state index contributed by atoms with van der Waals surface area (Å²) in [5.74, 6) is -0.798. The highest BCUT2D eigenvalue weighted by Crippen LogP contribution is 2.33. The molecular weight excluding hydrogens is 444 g/mol. The van der Waals surface area contributed by atoms with Crippen LogP contribution in [0, 0.1) is 0 Å². The zero-order chi connectivity index (χ0) is 24.4. The number of ether oxygens (including phenoxy) is 1. The van der Waals surface area contributed by atoms with Crippen molar-refractivity contribution in [3.8, 4) is 0 Å². The fourth-order valence-electron chi connectivity index (χ4n) is 5.22. The number of rotatable bonds is 6. The van der Waals surface area contributed by atoms with E-state index in [0.29, 0.717) is 13.1 Å². The smallest absolute Gasteiger partial charge is 0.255 e. The van der Waals surface area contributed by atoms with E-state index < -0.39 is 18.1 Å². The molecule has 3 aliphatic heterocycles. The molecule has 0 aliphatic carbocycles. The molecule has 0 spiro atoms. The Balaban J connectivity index is 1.27. The second-order valence-corrected chi connectivity index (χ2v) is 9.25.